The van der Waals surface area contributed by atoms with Gasteiger partial charge in [0.15, 0.2) is 5.96 Å². The molecule has 0 aromatic heterocycles. The van der Waals surface area contributed by atoms with E-state index in [1.54, 1.807) is 0 Å². The summed E-state index contributed by atoms with van der Waals surface area (Å²) in [7, 11) is 0. The van der Waals surface area contributed by atoms with Crippen LogP contribution in [0.25, 0.3) is 0 Å². The first-order valence-electron chi connectivity index (χ1n) is 5.46. The van der Waals surface area contributed by atoms with E-state index in [2.05, 4.69) is 37.5 Å². The van der Waals surface area contributed by atoms with Gasteiger partial charge in [0.25, 0.3) is 0 Å². The summed E-state index contributed by atoms with van der Waals surface area (Å²) in [6.07, 6.45) is 5.20. The Kier molecular flexibility index (Phi) is 6.19. The fourth-order valence-electron chi connectivity index (χ4n) is 1.24. The zero-order valence-electron chi connectivity index (χ0n) is 9.83. The fourth-order valence-corrected chi connectivity index (χ4v) is 1.50. The molecule has 0 fully saturated rings. The van der Waals surface area contributed by atoms with Gasteiger partial charge in [-0.25, -0.2) is 4.99 Å². The van der Waals surface area contributed by atoms with Crippen molar-refractivity contribution < 1.29 is 0 Å². The molecule has 0 unspecified atom stereocenters. The van der Waals surface area contributed by atoms with Gasteiger partial charge < -0.3 is 10.6 Å². The van der Waals surface area contributed by atoms with Gasteiger partial charge >= 0.3 is 0 Å². The van der Waals surface area contributed by atoms with E-state index in [0.29, 0.717) is 13.1 Å². The highest BCUT2D eigenvalue weighted by Crippen LogP contribution is 2.10. The summed E-state index contributed by atoms with van der Waals surface area (Å²) >= 11 is 3.40. The average Bonchev–Trinajstić information content (AvgIpc) is 2.35. The molecule has 0 heterocycles. The van der Waals surface area contributed by atoms with Crippen LogP contribution in [0.3, 0.4) is 0 Å². The van der Waals surface area contributed by atoms with Crippen molar-refractivity contribution in [3.05, 3.63) is 34.3 Å². The minimum Gasteiger partial charge on any atom is -0.357 e. The zero-order chi connectivity index (χ0) is 12.5. The summed E-state index contributed by atoms with van der Waals surface area (Å²) in [4.78, 5) is 4.43. The number of terminal acetylenes is 1. The van der Waals surface area contributed by atoms with E-state index in [-0.39, 0.29) is 0 Å². The molecule has 0 atom stereocenters. The lowest BCUT2D eigenvalue weighted by Gasteiger charge is -2.08. The molecule has 0 aliphatic heterocycles. The second kappa shape index (κ2) is 7.75. The van der Waals surface area contributed by atoms with Gasteiger partial charge in [0.1, 0.15) is 0 Å². The van der Waals surface area contributed by atoms with Crippen LogP contribution in [0.4, 0.5) is 0 Å². The minimum atomic E-state index is 0.478. The van der Waals surface area contributed by atoms with Gasteiger partial charge in [-0.2, -0.15) is 0 Å². The van der Waals surface area contributed by atoms with Crippen molar-refractivity contribution in [2.75, 3.05) is 13.1 Å². The Morgan fingerprint density at radius 1 is 1.35 bits per heavy atom. The van der Waals surface area contributed by atoms with Crippen molar-refractivity contribution >= 4 is 21.9 Å². The molecule has 1 aromatic carbocycles. The lowest BCUT2D eigenvalue weighted by molar-refractivity contribution is 0.865. The number of rotatable bonds is 4. The Bertz CT molecular complexity index is 404. The van der Waals surface area contributed by atoms with E-state index in [1.807, 2.05) is 31.2 Å². The molecular weight excluding hydrogens is 278 g/mol. The second-order valence-corrected chi connectivity index (χ2v) is 4.29. The molecule has 17 heavy (non-hydrogen) atoms. The number of benzene rings is 1. The average molecular weight is 294 g/mol. The molecule has 90 valence electrons. The van der Waals surface area contributed by atoms with Gasteiger partial charge in [0, 0.05) is 11.0 Å². The Morgan fingerprint density at radius 3 is 2.65 bits per heavy atom. The number of aliphatic imine (C=N–C) groups is 1. The fraction of sp³-hybridized carbons (Fsp3) is 0.308. The van der Waals surface area contributed by atoms with Gasteiger partial charge in [-0.05, 0) is 24.6 Å². The number of guanidine groups is 1. The van der Waals surface area contributed by atoms with Gasteiger partial charge in [-0.3, -0.25) is 0 Å². The Hall–Kier alpha value is -1.47. The monoisotopic (exact) mass is 293 g/mol. The zero-order valence-corrected chi connectivity index (χ0v) is 11.4. The summed E-state index contributed by atoms with van der Waals surface area (Å²) in [5, 5.41) is 6.18. The summed E-state index contributed by atoms with van der Waals surface area (Å²) < 4.78 is 1.07. The maximum atomic E-state index is 5.20. The Morgan fingerprint density at radius 2 is 2.06 bits per heavy atom. The van der Waals surface area contributed by atoms with Crippen LogP contribution in [0.5, 0.6) is 0 Å². The first-order valence-corrected chi connectivity index (χ1v) is 6.25. The lowest BCUT2D eigenvalue weighted by Crippen LogP contribution is -2.37. The first kappa shape index (κ1) is 13.6. The number of halogens is 1. The van der Waals surface area contributed by atoms with Crippen LogP contribution in [0, 0.1) is 12.3 Å². The third kappa shape index (κ3) is 5.41. The highest BCUT2D eigenvalue weighted by atomic mass is 79.9. The standard InChI is InChI=1S/C13H16BrN3/c1-3-9-16-13(15-4-2)17-10-11-5-7-12(14)8-6-11/h1,5-8H,4,9-10H2,2H3,(H2,15,16,17). The molecule has 4 heteroatoms. The molecule has 0 amide bonds. The number of hydrogen-bond acceptors (Lipinski definition) is 1. The predicted molar refractivity (Wildman–Crippen MR) is 75.8 cm³/mol. The molecule has 3 nitrogen and oxygen atoms in total. The smallest absolute Gasteiger partial charge is 0.192 e. The van der Waals surface area contributed by atoms with Crippen LogP contribution >= 0.6 is 15.9 Å². The molecule has 0 spiro atoms. The molecule has 0 aliphatic rings. The maximum Gasteiger partial charge on any atom is 0.192 e. The molecule has 0 saturated carbocycles. The molecular formula is C13H16BrN3. The number of nitrogens with zero attached hydrogens (tertiary/aromatic N) is 1. The molecule has 0 aliphatic carbocycles. The van der Waals surface area contributed by atoms with Crippen LogP contribution in [0.15, 0.2) is 33.7 Å². The van der Waals surface area contributed by atoms with Crippen LogP contribution < -0.4 is 10.6 Å². The van der Waals surface area contributed by atoms with Crippen molar-refractivity contribution in [2.24, 2.45) is 4.99 Å². The third-order valence-corrected chi connectivity index (χ3v) is 2.56. The topological polar surface area (TPSA) is 36.4 Å². The van der Waals surface area contributed by atoms with Gasteiger partial charge in [0.2, 0.25) is 0 Å². The summed E-state index contributed by atoms with van der Waals surface area (Å²) in [6.45, 7) is 3.95. The molecule has 0 radical (unpaired) electrons. The first-order chi connectivity index (χ1) is 8.26. The largest absolute Gasteiger partial charge is 0.357 e. The molecule has 0 bridgehead atoms. The van der Waals surface area contributed by atoms with Crippen molar-refractivity contribution in [1.82, 2.24) is 10.6 Å². The van der Waals surface area contributed by atoms with Crippen molar-refractivity contribution in [2.45, 2.75) is 13.5 Å². The second-order valence-electron chi connectivity index (χ2n) is 3.38. The highest BCUT2D eigenvalue weighted by molar-refractivity contribution is 9.10. The molecule has 2 N–H and O–H groups in total. The van der Waals surface area contributed by atoms with Crippen LogP contribution in [0.1, 0.15) is 12.5 Å². The minimum absolute atomic E-state index is 0.478. The predicted octanol–water partition coefficient (Wildman–Crippen LogP) is 2.14. The molecule has 1 rings (SSSR count). The van der Waals surface area contributed by atoms with E-state index in [4.69, 9.17) is 6.42 Å². The summed E-state index contributed by atoms with van der Waals surface area (Å²) in [5.41, 5.74) is 1.16. The van der Waals surface area contributed by atoms with Gasteiger partial charge in [0.05, 0.1) is 13.1 Å². The molecule has 1 aromatic rings. The van der Waals surface area contributed by atoms with E-state index < -0.39 is 0 Å². The van der Waals surface area contributed by atoms with Gasteiger partial charge in [-0.15, -0.1) is 6.42 Å². The Balaban J connectivity index is 2.58. The summed E-state index contributed by atoms with van der Waals surface area (Å²) in [6, 6.07) is 8.09. The van der Waals surface area contributed by atoms with E-state index in [0.717, 1.165) is 22.5 Å². The lowest BCUT2D eigenvalue weighted by atomic mass is 10.2. The Labute approximate surface area is 111 Å². The molecule has 0 saturated heterocycles. The summed E-state index contributed by atoms with van der Waals surface area (Å²) in [5.74, 6) is 3.27. The van der Waals surface area contributed by atoms with Gasteiger partial charge in [-0.1, -0.05) is 34.0 Å². The van der Waals surface area contributed by atoms with Crippen LogP contribution in [-0.2, 0) is 6.54 Å². The van der Waals surface area contributed by atoms with Crippen LogP contribution in [-0.4, -0.2) is 19.0 Å². The van der Waals surface area contributed by atoms with Crippen molar-refractivity contribution in [3.8, 4) is 12.3 Å². The third-order valence-electron chi connectivity index (χ3n) is 2.04. The highest BCUT2D eigenvalue weighted by Gasteiger charge is 1.95. The van der Waals surface area contributed by atoms with E-state index >= 15 is 0 Å². The quantitative estimate of drug-likeness (QED) is 0.507. The van der Waals surface area contributed by atoms with E-state index in [1.165, 1.54) is 0 Å². The van der Waals surface area contributed by atoms with E-state index in [9.17, 15) is 0 Å². The number of hydrogen-bond donors (Lipinski definition) is 2. The van der Waals surface area contributed by atoms with Crippen LogP contribution in [0.2, 0.25) is 0 Å². The SMILES string of the molecule is C#CCNC(=NCc1ccc(Br)cc1)NCC. The number of nitrogens with one attached hydrogen (secondary N) is 2. The van der Waals surface area contributed by atoms with Crippen molar-refractivity contribution in [3.63, 3.8) is 0 Å². The normalized spacial score (nSPS) is 10.8. The maximum absolute atomic E-state index is 5.20. The van der Waals surface area contributed by atoms with Crippen molar-refractivity contribution in [1.29, 1.82) is 0 Å².